The van der Waals surface area contributed by atoms with Crippen molar-refractivity contribution in [3.05, 3.63) is 68.1 Å². The zero-order valence-electron chi connectivity index (χ0n) is 13.7. The third-order valence-electron chi connectivity index (χ3n) is 3.49. The van der Waals surface area contributed by atoms with Gasteiger partial charge < -0.3 is 5.32 Å². The van der Waals surface area contributed by atoms with Gasteiger partial charge in [-0.3, -0.25) is 14.3 Å². The number of thiazole rings is 1. The lowest BCUT2D eigenvalue weighted by atomic mass is 10.1. The summed E-state index contributed by atoms with van der Waals surface area (Å²) in [6, 6.07) is 6.59. The van der Waals surface area contributed by atoms with Crippen LogP contribution in [0.2, 0.25) is 0 Å². The van der Waals surface area contributed by atoms with E-state index in [4.69, 9.17) is 0 Å². The standard InChI is InChI=1S/C16H16N4O3S3/c1-10-17-8-12(25-10)9-19-16(21)13-5-4-11(7-18-13)15(20-26(22)23)14-3-2-6-24-14/h2-8,15,20H,9H2,1H3,(H,19,21)(H,22,23). The second-order valence-electron chi connectivity index (χ2n) is 5.32. The second-order valence-corrected chi connectivity index (χ2v) is 8.35. The largest absolute Gasteiger partial charge is 0.346 e. The SMILES string of the molecule is Cc1ncc(CNC(=O)c2ccc(C(NS(=O)O)c3cccs3)cn2)s1. The molecule has 136 valence electrons. The highest BCUT2D eigenvalue weighted by Crippen LogP contribution is 2.26. The number of aromatic nitrogens is 2. The Hall–Kier alpha value is -1.98. The highest BCUT2D eigenvalue weighted by Gasteiger charge is 2.18. The number of carbonyl (C=O) groups excluding carboxylic acids is 1. The van der Waals surface area contributed by atoms with Gasteiger partial charge in [-0.15, -0.1) is 22.7 Å². The molecule has 3 aromatic rings. The Morgan fingerprint density at radius 1 is 1.31 bits per heavy atom. The lowest BCUT2D eigenvalue weighted by molar-refractivity contribution is 0.0946. The minimum Gasteiger partial charge on any atom is -0.346 e. The van der Waals surface area contributed by atoms with Crippen molar-refractivity contribution in [3.8, 4) is 0 Å². The summed E-state index contributed by atoms with van der Waals surface area (Å²) in [6.07, 6.45) is 3.28. The summed E-state index contributed by atoms with van der Waals surface area (Å²) in [5, 5.41) is 5.64. The van der Waals surface area contributed by atoms with Gasteiger partial charge in [-0.2, -0.15) is 0 Å². The molecule has 2 unspecified atom stereocenters. The Morgan fingerprint density at radius 3 is 2.73 bits per heavy atom. The first-order valence-corrected chi connectivity index (χ1v) is 10.4. The summed E-state index contributed by atoms with van der Waals surface area (Å²) in [5.41, 5.74) is 0.981. The maximum atomic E-state index is 12.2. The first-order chi connectivity index (χ1) is 12.5. The van der Waals surface area contributed by atoms with Crippen LogP contribution in [0, 0.1) is 6.92 Å². The molecular weight excluding hydrogens is 392 g/mol. The van der Waals surface area contributed by atoms with Crippen molar-refractivity contribution in [2.24, 2.45) is 0 Å². The van der Waals surface area contributed by atoms with Crippen LogP contribution in [0.4, 0.5) is 0 Å². The molecule has 26 heavy (non-hydrogen) atoms. The third-order valence-corrected chi connectivity index (χ3v) is 5.78. The van der Waals surface area contributed by atoms with E-state index < -0.39 is 17.3 Å². The molecule has 0 aliphatic carbocycles. The summed E-state index contributed by atoms with van der Waals surface area (Å²) < 4.78 is 23.0. The van der Waals surface area contributed by atoms with Gasteiger partial charge in [0.25, 0.3) is 5.91 Å². The molecule has 0 radical (unpaired) electrons. The van der Waals surface area contributed by atoms with Crippen molar-refractivity contribution in [1.29, 1.82) is 0 Å². The van der Waals surface area contributed by atoms with Gasteiger partial charge >= 0.3 is 0 Å². The first-order valence-electron chi connectivity index (χ1n) is 7.59. The van der Waals surface area contributed by atoms with Crippen LogP contribution in [0.1, 0.15) is 36.9 Å². The van der Waals surface area contributed by atoms with Gasteiger partial charge in [0.15, 0.2) is 0 Å². The lowest BCUT2D eigenvalue weighted by Gasteiger charge is -2.15. The number of hydrogen-bond acceptors (Lipinski definition) is 6. The number of rotatable bonds is 7. The van der Waals surface area contributed by atoms with Crippen LogP contribution < -0.4 is 10.0 Å². The summed E-state index contributed by atoms with van der Waals surface area (Å²) >= 11 is 0.823. The van der Waals surface area contributed by atoms with Gasteiger partial charge in [0.05, 0.1) is 17.6 Å². The van der Waals surface area contributed by atoms with E-state index in [1.54, 1.807) is 18.3 Å². The van der Waals surface area contributed by atoms with Gasteiger partial charge in [0, 0.05) is 22.1 Å². The Labute approximate surface area is 160 Å². The maximum absolute atomic E-state index is 12.2. The molecule has 0 aromatic carbocycles. The smallest absolute Gasteiger partial charge is 0.270 e. The summed E-state index contributed by atoms with van der Waals surface area (Å²) in [6.45, 7) is 2.31. The number of pyridine rings is 1. The fraction of sp³-hybridized carbons (Fsp3) is 0.188. The number of nitrogens with one attached hydrogen (secondary N) is 2. The molecule has 0 fully saturated rings. The number of hydrogen-bond donors (Lipinski definition) is 3. The van der Waals surface area contributed by atoms with E-state index >= 15 is 0 Å². The van der Waals surface area contributed by atoms with Crippen molar-refractivity contribution in [1.82, 2.24) is 20.0 Å². The number of nitrogens with zero attached hydrogens (tertiary/aromatic N) is 2. The topological polar surface area (TPSA) is 104 Å². The van der Waals surface area contributed by atoms with Crippen LogP contribution >= 0.6 is 22.7 Å². The molecule has 0 aliphatic heterocycles. The molecule has 3 rings (SSSR count). The Balaban J connectivity index is 1.70. The van der Waals surface area contributed by atoms with E-state index in [1.807, 2.05) is 24.4 Å². The Morgan fingerprint density at radius 2 is 2.15 bits per heavy atom. The van der Waals surface area contributed by atoms with E-state index in [-0.39, 0.29) is 11.6 Å². The number of thiophene rings is 1. The molecule has 10 heteroatoms. The van der Waals surface area contributed by atoms with Gasteiger partial charge in [-0.25, -0.2) is 13.9 Å². The molecule has 2 atom stereocenters. The van der Waals surface area contributed by atoms with Gasteiger partial charge in [0.1, 0.15) is 5.69 Å². The van der Waals surface area contributed by atoms with Crippen LogP contribution in [0.5, 0.6) is 0 Å². The van der Waals surface area contributed by atoms with Crippen LogP contribution in [0.25, 0.3) is 0 Å². The molecule has 3 aromatic heterocycles. The van der Waals surface area contributed by atoms with Gasteiger partial charge in [-0.05, 0) is 30.0 Å². The van der Waals surface area contributed by atoms with E-state index in [0.717, 1.165) is 14.8 Å². The van der Waals surface area contributed by atoms with Crippen molar-refractivity contribution < 1.29 is 13.6 Å². The molecule has 0 bridgehead atoms. The predicted octanol–water partition coefficient (Wildman–Crippen LogP) is 2.65. The van der Waals surface area contributed by atoms with Crippen molar-refractivity contribution in [2.75, 3.05) is 0 Å². The van der Waals surface area contributed by atoms with Crippen LogP contribution in [-0.2, 0) is 17.8 Å². The average molecular weight is 409 g/mol. The molecule has 3 heterocycles. The molecule has 7 nitrogen and oxygen atoms in total. The monoisotopic (exact) mass is 408 g/mol. The highest BCUT2D eigenvalue weighted by atomic mass is 32.2. The summed E-state index contributed by atoms with van der Waals surface area (Å²) in [5.74, 6) is -0.283. The van der Waals surface area contributed by atoms with Crippen LogP contribution in [0.15, 0.2) is 42.0 Å². The third kappa shape index (κ3) is 4.80. The van der Waals surface area contributed by atoms with Crippen LogP contribution in [0.3, 0.4) is 0 Å². The van der Waals surface area contributed by atoms with E-state index in [0.29, 0.717) is 12.1 Å². The number of amides is 1. The molecule has 3 N–H and O–H groups in total. The molecule has 0 aliphatic rings. The number of carbonyl (C=O) groups is 1. The molecular formula is C16H16N4O3S3. The zero-order valence-corrected chi connectivity index (χ0v) is 16.2. The molecule has 1 amide bonds. The second kappa shape index (κ2) is 8.60. The minimum absolute atomic E-state index is 0.282. The Kier molecular flexibility index (Phi) is 6.22. The normalized spacial score (nSPS) is 13.3. The van der Waals surface area contributed by atoms with E-state index in [9.17, 15) is 13.6 Å². The van der Waals surface area contributed by atoms with E-state index in [2.05, 4.69) is 20.0 Å². The lowest BCUT2D eigenvalue weighted by Crippen LogP contribution is -2.25. The molecule has 0 spiro atoms. The predicted molar refractivity (Wildman–Crippen MR) is 102 cm³/mol. The molecule has 0 saturated heterocycles. The van der Waals surface area contributed by atoms with Gasteiger partial charge in [-0.1, -0.05) is 12.1 Å². The zero-order chi connectivity index (χ0) is 18.5. The van der Waals surface area contributed by atoms with Crippen molar-refractivity contribution >= 4 is 39.8 Å². The van der Waals surface area contributed by atoms with Crippen molar-refractivity contribution in [3.63, 3.8) is 0 Å². The minimum atomic E-state index is -2.17. The number of aryl methyl sites for hydroxylation is 1. The highest BCUT2D eigenvalue weighted by molar-refractivity contribution is 7.77. The summed E-state index contributed by atoms with van der Waals surface area (Å²) in [7, 11) is 0. The first kappa shape index (κ1) is 18.8. The quantitative estimate of drug-likeness (QED) is 0.522. The molecule has 0 saturated carbocycles. The summed E-state index contributed by atoms with van der Waals surface area (Å²) in [4.78, 5) is 22.4. The van der Waals surface area contributed by atoms with Crippen molar-refractivity contribution in [2.45, 2.75) is 19.5 Å². The van der Waals surface area contributed by atoms with Crippen LogP contribution in [-0.4, -0.2) is 24.6 Å². The van der Waals surface area contributed by atoms with Gasteiger partial charge in [0.2, 0.25) is 11.3 Å². The average Bonchev–Trinajstić information content (AvgIpc) is 3.29. The maximum Gasteiger partial charge on any atom is 0.270 e. The Bertz CT molecular complexity index is 894. The fourth-order valence-electron chi connectivity index (χ4n) is 2.30. The van der Waals surface area contributed by atoms with E-state index in [1.165, 1.54) is 28.9 Å². The fourth-order valence-corrected chi connectivity index (χ4v) is 4.38.